The first-order valence-corrected chi connectivity index (χ1v) is 39.0. The Balaban J connectivity index is 3.55. The molecule has 0 aliphatic rings. The van der Waals surface area contributed by atoms with E-state index in [0.717, 1.165) is 13.8 Å². The molecule has 118 heavy (non-hydrogen) atoms. The number of aliphatic imine (C=N–C) groups is 2. The number of hydrogen-bond donors (Lipinski definition) is 27. The number of guanidine groups is 2. The number of rotatable bonds is 57. The van der Waals surface area contributed by atoms with Crippen LogP contribution in [0.25, 0.3) is 0 Å². The van der Waals surface area contributed by atoms with Gasteiger partial charge in [-0.2, -0.15) is 12.6 Å². The van der Waals surface area contributed by atoms with E-state index in [-0.39, 0.29) is 75.6 Å². The first-order valence-electron chi connectivity index (χ1n) is 38.3. The number of aliphatic hydroxyl groups is 2. The summed E-state index contributed by atoms with van der Waals surface area (Å²) >= 11 is 4.21. The van der Waals surface area contributed by atoms with E-state index in [1.165, 1.54) is 19.4 Å². The van der Waals surface area contributed by atoms with Gasteiger partial charge in [-0.15, -0.1) is 0 Å². The van der Waals surface area contributed by atoms with E-state index in [1.807, 2.05) is 0 Å². The maximum absolute atomic E-state index is 14.5. The molecular weight excluding hydrogens is 1570 g/mol. The number of imidazole rings is 1. The van der Waals surface area contributed by atoms with Gasteiger partial charge in [0.1, 0.15) is 78.5 Å². The summed E-state index contributed by atoms with van der Waals surface area (Å²) in [6, 6.07) is -22.2. The van der Waals surface area contributed by atoms with E-state index < -0.39 is 265 Å². The number of aliphatic hydroxyl groups excluding tert-OH is 2. The van der Waals surface area contributed by atoms with Crippen LogP contribution in [-0.4, -0.2) is 266 Å². The second kappa shape index (κ2) is 53.6. The summed E-state index contributed by atoms with van der Waals surface area (Å²) in [6.45, 7) is 13.4. The lowest BCUT2D eigenvalue weighted by Crippen LogP contribution is -2.62. The van der Waals surface area contributed by atoms with Crippen LogP contribution in [-0.2, 0) is 92.7 Å². The van der Waals surface area contributed by atoms with Crippen LogP contribution in [0.1, 0.15) is 152 Å². The third kappa shape index (κ3) is 38.0. The summed E-state index contributed by atoms with van der Waals surface area (Å²) in [5.74, 6) is -22.7. The number of nitrogens with zero attached hydrogens (tertiary/aromatic N) is 3. The van der Waals surface area contributed by atoms with Gasteiger partial charge in [0.25, 0.3) is 0 Å². The zero-order valence-electron chi connectivity index (χ0n) is 68.0. The van der Waals surface area contributed by atoms with Gasteiger partial charge >= 0.3 is 5.97 Å². The van der Waals surface area contributed by atoms with Crippen molar-refractivity contribution >= 4 is 131 Å². The molecular formula is C70H122N26O21S. The number of aromatic nitrogens is 2. The number of amides is 17. The van der Waals surface area contributed by atoms with E-state index in [4.69, 9.17) is 45.9 Å². The van der Waals surface area contributed by atoms with Crippen molar-refractivity contribution in [1.82, 2.24) is 84.4 Å². The molecule has 1 aromatic rings. The number of primary amides is 3. The summed E-state index contributed by atoms with van der Waals surface area (Å²) in [4.78, 5) is 257. The number of aliphatic carboxylic acids is 1. The molecule has 1 aromatic heterocycles. The predicted molar refractivity (Wildman–Crippen MR) is 428 cm³/mol. The highest BCUT2D eigenvalue weighted by Gasteiger charge is 2.40. The summed E-state index contributed by atoms with van der Waals surface area (Å²) in [6.07, 6.45) is -1.30. The number of thiol groups is 1. The molecule has 47 nitrogen and oxygen atoms in total. The van der Waals surface area contributed by atoms with E-state index in [1.54, 1.807) is 48.5 Å². The molecule has 1 rings (SSSR count). The van der Waals surface area contributed by atoms with Crippen LogP contribution >= 0.6 is 12.6 Å². The third-order valence-corrected chi connectivity index (χ3v) is 19.3. The lowest BCUT2D eigenvalue weighted by molar-refractivity contribution is -0.143. The second-order valence-electron chi connectivity index (χ2n) is 28.5. The van der Waals surface area contributed by atoms with Gasteiger partial charge in [-0.25, -0.2) is 9.78 Å². The minimum Gasteiger partial charge on any atom is -0.480 e. The lowest BCUT2D eigenvalue weighted by Gasteiger charge is -2.30. The number of carbonyl (C=O) groups is 18. The van der Waals surface area contributed by atoms with Gasteiger partial charge in [0.2, 0.25) is 100 Å². The molecule has 0 aliphatic carbocycles. The first kappa shape index (κ1) is 104. The van der Waals surface area contributed by atoms with Crippen molar-refractivity contribution in [1.29, 1.82) is 0 Å². The van der Waals surface area contributed by atoms with Crippen LogP contribution in [0.15, 0.2) is 22.5 Å². The fourth-order valence-corrected chi connectivity index (χ4v) is 11.3. The highest BCUT2D eigenvalue weighted by atomic mass is 32.1. The number of nitrogens with two attached hydrogens (primary N) is 8. The molecule has 17 amide bonds. The van der Waals surface area contributed by atoms with Crippen LogP contribution < -0.4 is 120 Å². The predicted octanol–water partition coefficient (Wildman–Crippen LogP) is -10.6. The van der Waals surface area contributed by atoms with Crippen molar-refractivity contribution in [2.75, 3.05) is 32.0 Å². The molecule has 0 unspecified atom stereocenters. The van der Waals surface area contributed by atoms with Crippen molar-refractivity contribution in [2.45, 2.75) is 243 Å². The van der Waals surface area contributed by atoms with E-state index in [2.05, 4.69) is 107 Å². The van der Waals surface area contributed by atoms with Crippen molar-refractivity contribution in [2.24, 2.45) is 79.5 Å². The number of carboxylic acids is 1. The SMILES string of the molecule is CC[C@H](C)[C@H](NC(=O)[C@H](CC(N)=O)NC(=O)[C@H](CS)NC(=O)[C@H](Cc1cnc[nH]1)NC(=O)[C@H](C)NC(=O)[C@H](CCC(N)=O)NC(=O)[C@H](CCCN=C(N)N)NC(=O)[C@@H](NC(=O)[C@@H](NC(=O)CNC(=O)[C@@H](NC(=O)[C@@H](NC(=O)[C@@H](N)CC(N)=O)[C@@H](C)CC)[C@@H](C)CC)[C@@H](C)O)[C@@H](C)CC)C(=O)N[C@@H](CO)C(=O)N[C@@H](CCCN=C(N)N)C(=O)O. The molecule has 19 atom stereocenters. The van der Waals surface area contributed by atoms with Gasteiger partial charge in [0.15, 0.2) is 11.9 Å². The van der Waals surface area contributed by atoms with Crippen LogP contribution in [0.5, 0.6) is 0 Å². The average molecular weight is 1700 g/mol. The van der Waals surface area contributed by atoms with Crippen molar-refractivity contribution < 1.29 is 102 Å². The number of H-pyrrole nitrogens is 1. The zero-order valence-corrected chi connectivity index (χ0v) is 68.8. The molecule has 0 fully saturated rings. The van der Waals surface area contributed by atoms with Crippen LogP contribution in [0.2, 0.25) is 0 Å². The Labute approximate surface area is 687 Å². The monoisotopic (exact) mass is 1690 g/mol. The van der Waals surface area contributed by atoms with Gasteiger partial charge < -0.3 is 141 Å². The van der Waals surface area contributed by atoms with Gasteiger partial charge in [-0.05, 0) is 69.6 Å². The minimum absolute atomic E-state index is 0.0159. The number of hydrogen-bond acceptors (Lipinski definition) is 25. The standard InChI is InChI=1S/C70H122N26O21S/c1-11-31(5)50(95-66(114)53(34(8)14-4)93-56(104)38(71)24-47(73)100)63(111)82-27-49(102)92-54(36(10)98)67(115)96-52(33(7)13-3)64(112)86-39(17-15-21-80-69(75)76)58(106)85-40(19-20-46(72)99)57(105)84-35(9)55(103)88-42(23-37-26-79-30-83-37)59(107)91-45(29-118)62(110)89-43(25-48(74)101)60(108)94-51(32(6)12-2)65(113)90-44(28-97)61(109)87-41(68(116)117)18-16-22-81-70(77)78/h26,30-36,38-45,50-54,97-98,118H,11-25,27-29,71H2,1-10H3,(H2,72,99)(H2,73,100)(H2,74,101)(H,79,83)(H,82,111)(H,84,105)(H,85,106)(H,86,112)(H,87,109)(H,88,103)(H,89,110)(H,90,113)(H,91,107)(H,92,102)(H,93,104)(H,94,108)(H,95,114)(H,96,115)(H,116,117)(H4,75,76,80)(H4,77,78,81)/t31-,32-,33-,34-,35-,36+,38-,39-,40-,41-,42-,43-,44-,45-,50-,51-,52-,53-,54-/m0/s1. The fraction of sp³-hybridized carbons (Fsp3) is 0.671. The Morgan fingerprint density at radius 2 is 0.822 bits per heavy atom. The Morgan fingerprint density at radius 3 is 1.27 bits per heavy atom. The number of carboxylic acid groups (broad SMARTS) is 1. The summed E-state index contributed by atoms with van der Waals surface area (Å²) in [5, 5.41) is 64.5. The Bertz CT molecular complexity index is 3640. The van der Waals surface area contributed by atoms with Crippen molar-refractivity contribution in [3.8, 4) is 0 Å². The molecule has 48 heteroatoms. The average Bonchev–Trinajstić information content (AvgIpc) is 0.858. The minimum atomic E-state index is -1.87. The van der Waals surface area contributed by atoms with Gasteiger partial charge in [-0.3, -0.25) is 91.5 Å². The largest absolute Gasteiger partial charge is 0.480 e. The zero-order chi connectivity index (χ0) is 90.0. The van der Waals surface area contributed by atoms with E-state index >= 15 is 0 Å². The molecule has 0 aliphatic heterocycles. The number of nitrogens with one attached hydrogen (secondary N) is 15. The van der Waals surface area contributed by atoms with Gasteiger partial charge in [0, 0.05) is 43.6 Å². The van der Waals surface area contributed by atoms with Crippen molar-refractivity contribution in [3.63, 3.8) is 0 Å². The molecule has 0 bridgehead atoms. The second-order valence-corrected chi connectivity index (χ2v) is 28.8. The molecule has 34 N–H and O–H groups in total. The molecule has 1 heterocycles. The Morgan fingerprint density at radius 1 is 0.441 bits per heavy atom. The maximum Gasteiger partial charge on any atom is 0.326 e. The highest BCUT2D eigenvalue weighted by molar-refractivity contribution is 7.80. The molecule has 0 saturated heterocycles. The van der Waals surface area contributed by atoms with Gasteiger partial charge in [-0.1, -0.05) is 81.1 Å². The van der Waals surface area contributed by atoms with Crippen molar-refractivity contribution in [3.05, 3.63) is 18.2 Å². The van der Waals surface area contributed by atoms with E-state index in [9.17, 15) is 102 Å². The maximum atomic E-state index is 14.5. The Hall–Kier alpha value is -11.6. The van der Waals surface area contributed by atoms with Gasteiger partial charge in [0.05, 0.1) is 44.5 Å². The van der Waals surface area contributed by atoms with Crippen LogP contribution in [0.4, 0.5) is 0 Å². The first-order chi connectivity index (χ1) is 55.3. The quantitative estimate of drug-likeness (QED) is 0.0125. The summed E-state index contributed by atoms with van der Waals surface area (Å²) < 4.78 is 0. The summed E-state index contributed by atoms with van der Waals surface area (Å²) in [5.41, 5.74) is 43.9. The van der Waals surface area contributed by atoms with E-state index in [0.29, 0.717) is 12.8 Å². The normalized spacial score (nSPS) is 15.9. The fourth-order valence-electron chi connectivity index (χ4n) is 11.0. The van der Waals surface area contributed by atoms with Crippen LogP contribution in [0, 0.1) is 23.7 Å². The molecule has 0 aromatic carbocycles. The third-order valence-electron chi connectivity index (χ3n) is 18.9. The molecule has 0 radical (unpaired) electrons. The number of carbonyl (C=O) groups excluding carboxylic acids is 17. The smallest absolute Gasteiger partial charge is 0.326 e. The molecule has 0 spiro atoms. The Kier molecular flexibility index (Phi) is 47.5. The van der Waals surface area contributed by atoms with Crippen LogP contribution in [0.3, 0.4) is 0 Å². The number of aromatic amines is 1. The highest BCUT2D eigenvalue weighted by Crippen LogP contribution is 2.17. The molecule has 0 saturated carbocycles. The lowest BCUT2D eigenvalue weighted by atomic mass is 9.94. The molecule has 664 valence electrons. The topological polar surface area (TPSA) is 798 Å². The summed E-state index contributed by atoms with van der Waals surface area (Å²) in [7, 11) is 0.